The van der Waals surface area contributed by atoms with Gasteiger partial charge in [0.1, 0.15) is 11.5 Å². The molecular formula is C33H36O6S. The van der Waals surface area contributed by atoms with Crippen LogP contribution < -0.4 is 9.47 Å². The molecule has 3 aromatic carbocycles. The Morgan fingerprint density at radius 3 is 1.88 bits per heavy atom. The minimum atomic E-state index is -0.481. The van der Waals surface area contributed by atoms with Gasteiger partial charge in [0.25, 0.3) is 0 Å². The van der Waals surface area contributed by atoms with Crippen LogP contribution in [-0.4, -0.2) is 30.3 Å². The second-order valence-corrected chi connectivity index (χ2v) is 10.4. The number of benzene rings is 3. The number of esters is 3. The van der Waals surface area contributed by atoms with Crippen molar-refractivity contribution in [1.29, 1.82) is 0 Å². The number of rotatable bonds is 16. The van der Waals surface area contributed by atoms with Crippen molar-refractivity contribution in [3.05, 3.63) is 102 Å². The topological polar surface area (TPSA) is 78.9 Å². The predicted molar refractivity (Wildman–Crippen MR) is 158 cm³/mol. The molecular weight excluding hydrogens is 524 g/mol. The fourth-order valence-corrected chi connectivity index (χ4v) is 4.70. The van der Waals surface area contributed by atoms with E-state index >= 15 is 0 Å². The van der Waals surface area contributed by atoms with Gasteiger partial charge < -0.3 is 14.2 Å². The molecule has 0 radical (unpaired) electrons. The molecule has 0 aromatic heterocycles. The summed E-state index contributed by atoms with van der Waals surface area (Å²) in [5.41, 5.74) is 2.03. The lowest BCUT2D eigenvalue weighted by atomic mass is 10.1. The summed E-state index contributed by atoms with van der Waals surface area (Å²) in [6, 6.07) is 21.1. The lowest BCUT2D eigenvalue weighted by molar-refractivity contribution is -0.137. The average Bonchev–Trinajstić information content (AvgIpc) is 2.98. The van der Waals surface area contributed by atoms with E-state index in [1.807, 2.05) is 36.4 Å². The first-order valence-electron chi connectivity index (χ1n) is 13.6. The van der Waals surface area contributed by atoms with Gasteiger partial charge >= 0.3 is 17.9 Å². The first-order chi connectivity index (χ1) is 19.5. The van der Waals surface area contributed by atoms with Crippen LogP contribution in [0, 0.1) is 0 Å². The zero-order valence-corrected chi connectivity index (χ0v) is 23.8. The van der Waals surface area contributed by atoms with Gasteiger partial charge in [-0.1, -0.05) is 44.9 Å². The molecule has 210 valence electrons. The van der Waals surface area contributed by atoms with Crippen LogP contribution in [0.15, 0.2) is 90.3 Å². The maximum Gasteiger partial charge on any atom is 0.343 e. The Morgan fingerprint density at radius 1 is 0.725 bits per heavy atom. The lowest BCUT2D eigenvalue weighted by Crippen LogP contribution is -2.10. The molecule has 0 N–H and O–H groups in total. The number of hydrogen-bond acceptors (Lipinski definition) is 7. The molecule has 3 rings (SSSR count). The summed E-state index contributed by atoms with van der Waals surface area (Å²) in [6.07, 6.45) is 8.71. The van der Waals surface area contributed by atoms with Crippen LogP contribution in [0.4, 0.5) is 0 Å². The number of thioether (sulfide) groups is 1. The van der Waals surface area contributed by atoms with Crippen LogP contribution in [-0.2, 0) is 16.0 Å². The third kappa shape index (κ3) is 10.7. The Labute approximate surface area is 240 Å². The van der Waals surface area contributed by atoms with E-state index in [-0.39, 0.29) is 0 Å². The Morgan fingerprint density at radius 2 is 1.30 bits per heavy atom. The molecule has 40 heavy (non-hydrogen) atoms. The summed E-state index contributed by atoms with van der Waals surface area (Å²) >= 11 is 1.66. The van der Waals surface area contributed by atoms with E-state index in [0.717, 1.165) is 42.4 Å². The Bertz CT molecular complexity index is 1230. The predicted octanol–water partition coefficient (Wildman–Crippen LogP) is 7.85. The number of aryl methyl sites for hydroxylation is 1. The number of unbranched alkanes of at least 4 members (excludes halogenated alkanes) is 4. The first-order valence-corrected chi connectivity index (χ1v) is 14.6. The molecule has 0 bridgehead atoms. The minimum absolute atomic E-state index is 0.338. The molecule has 7 heteroatoms. The summed E-state index contributed by atoms with van der Waals surface area (Å²) in [6.45, 7) is 5.94. The molecule has 6 nitrogen and oxygen atoms in total. The molecule has 0 aliphatic carbocycles. The largest absolute Gasteiger partial charge is 0.463 e. The Hall–Kier alpha value is -3.84. The summed E-state index contributed by atoms with van der Waals surface area (Å²) in [5.74, 6) is 0.343. The Kier molecular flexibility index (Phi) is 13.0. The molecule has 0 atom stereocenters. The molecule has 0 saturated carbocycles. The van der Waals surface area contributed by atoms with E-state index in [1.165, 1.54) is 24.8 Å². The molecule has 0 unspecified atom stereocenters. The summed E-state index contributed by atoms with van der Waals surface area (Å²) < 4.78 is 15.9. The zero-order chi connectivity index (χ0) is 28.6. The molecule has 0 fully saturated rings. The zero-order valence-electron chi connectivity index (χ0n) is 22.9. The van der Waals surface area contributed by atoms with Gasteiger partial charge in [-0.25, -0.2) is 14.4 Å². The van der Waals surface area contributed by atoms with E-state index in [4.69, 9.17) is 14.2 Å². The van der Waals surface area contributed by atoms with Gasteiger partial charge in [0.2, 0.25) is 0 Å². The molecule has 0 saturated heterocycles. The van der Waals surface area contributed by atoms with Gasteiger partial charge in [-0.05, 0) is 97.7 Å². The molecule has 0 heterocycles. The van der Waals surface area contributed by atoms with Crippen LogP contribution >= 0.6 is 11.8 Å². The third-order valence-corrected chi connectivity index (χ3v) is 7.16. The van der Waals surface area contributed by atoms with Crippen LogP contribution in [0.1, 0.15) is 71.7 Å². The highest BCUT2D eigenvalue weighted by Crippen LogP contribution is 2.22. The maximum absolute atomic E-state index is 12.6. The average molecular weight is 561 g/mol. The van der Waals surface area contributed by atoms with Crippen molar-refractivity contribution >= 4 is 29.7 Å². The quantitative estimate of drug-likeness (QED) is 0.0580. The SMILES string of the molecule is C=CC(=O)OCCCCSc1ccc(C(=O)Oc2ccc(C(=O)Oc3ccc(CCCCCC)cc3)cc2)cc1. The second-order valence-electron chi connectivity index (χ2n) is 9.21. The van der Waals surface area contributed by atoms with Crippen molar-refractivity contribution in [3.63, 3.8) is 0 Å². The maximum atomic E-state index is 12.6. The van der Waals surface area contributed by atoms with Crippen LogP contribution in [0.2, 0.25) is 0 Å². The highest BCUT2D eigenvalue weighted by molar-refractivity contribution is 7.99. The molecule has 0 amide bonds. The molecule has 0 aliphatic rings. The fourth-order valence-electron chi connectivity index (χ4n) is 3.78. The fraction of sp³-hybridized carbons (Fsp3) is 0.303. The van der Waals surface area contributed by atoms with Gasteiger partial charge in [0, 0.05) is 11.0 Å². The van der Waals surface area contributed by atoms with E-state index in [0.29, 0.717) is 29.2 Å². The van der Waals surface area contributed by atoms with Crippen molar-refractivity contribution in [2.24, 2.45) is 0 Å². The smallest absolute Gasteiger partial charge is 0.343 e. The standard InChI is InChI=1S/C33H36O6S/c1-3-5-6-7-10-25-11-17-28(18-12-25)38-32(35)26-13-19-29(20-14-26)39-33(36)27-15-21-30(22-16-27)40-24-9-8-23-37-31(34)4-2/h4,11-22H,2-3,5-10,23-24H2,1H3. The second kappa shape index (κ2) is 17.0. The highest BCUT2D eigenvalue weighted by Gasteiger charge is 2.12. The molecule has 3 aromatic rings. The number of hydrogen-bond donors (Lipinski definition) is 0. The minimum Gasteiger partial charge on any atom is -0.463 e. The third-order valence-electron chi connectivity index (χ3n) is 6.06. The highest BCUT2D eigenvalue weighted by atomic mass is 32.2. The number of carbonyl (C=O) groups is 3. The first kappa shape index (κ1) is 30.7. The van der Waals surface area contributed by atoms with Gasteiger partial charge in [0.05, 0.1) is 17.7 Å². The van der Waals surface area contributed by atoms with Gasteiger partial charge in [-0.15, -0.1) is 11.8 Å². The van der Waals surface area contributed by atoms with Crippen molar-refractivity contribution in [1.82, 2.24) is 0 Å². The normalized spacial score (nSPS) is 10.5. The summed E-state index contributed by atoms with van der Waals surface area (Å²) in [7, 11) is 0. The number of ether oxygens (including phenoxy) is 3. The van der Waals surface area contributed by atoms with Gasteiger partial charge in [0.15, 0.2) is 0 Å². The van der Waals surface area contributed by atoms with Crippen LogP contribution in [0.5, 0.6) is 11.5 Å². The van der Waals surface area contributed by atoms with Crippen molar-refractivity contribution in [2.75, 3.05) is 12.4 Å². The van der Waals surface area contributed by atoms with Crippen LogP contribution in [0.25, 0.3) is 0 Å². The van der Waals surface area contributed by atoms with Crippen molar-refractivity contribution < 1.29 is 28.6 Å². The lowest BCUT2D eigenvalue weighted by Gasteiger charge is -2.08. The molecule has 0 aliphatic heterocycles. The molecule has 0 spiro atoms. The van der Waals surface area contributed by atoms with Crippen LogP contribution in [0.3, 0.4) is 0 Å². The van der Waals surface area contributed by atoms with Crippen molar-refractivity contribution in [3.8, 4) is 11.5 Å². The van der Waals surface area contributed by atoms with E-state index in [2.05, 4.69) is 13.5 Å². The van der Waals surface area contributed by atoms with Gasteiger partial charge in [-0.2, -0.15) is 0 Å². The monoisotopic (exact) mass is 560 g/mol. The van der Waals surface area contributed by atoms with E-state index < -0.39 is 17.9 Å². The Balaban J connectivity index is 1.41. The summed E-state index contributed by atoms with van der Waals surface area (Å²) in [5, 5.41) is 0. The summed E-state index contributed by atoms with van der Waals surface area (Å²) in [4.78, 5) is 37.1. The van der Waals surface area contributed by atoms with Crippen molar-refractivity contribution in [2.45, 2.75) is 56.8 Å². The van der Waals surface area contributed by atoms with E-state index in [1.54, 1.807) is 48.2 Å². The van der Waals surface area contributed by atoms with E-state index in [9.17, 15) is 14.4 Å². The van der Waals surface area contributed by atoms with Gasteiger partial charge in [-0.3, -0.25) is 0 Å². The number of carbonyl (C=O) groups excluding carboxylic acids is 3.